The van der Waals surface area contributed by atoms with Crippen molar-refractivity contribution in [2.45, 2.75) is 52.4 Å². The number of carbonyl (C=O) groups excluding carboxylic acids is 1. The lowest BCUT2D eigenvalue weighted by Gasteiger charge is -2.13. The maximum atomic E-state index is 12.9. The Kier molecular flexibility index (Phi) is 6.47. The molecule has 0 fully saturated rings. The largest absolute Gasteiger partial charge is 0.497 e. The van der Waals surface area contributed by atoms with Crippen LogP contribution in [-0.4, -0.2) is 38.0 Å². The van der Waals surface area contributed by atoms with Crippen molar-refractivity contribution in [3.8, 4) is 17.1 Å². The van der Waals surface area contributed by atoms with E-state index in [1.807, 2.05) is 48.7 Å². The summed E-state index contributed by atoms with van der Waals surface area (Å²) in [6.07, 6.45) is 0. The Hall–Kier alpha value is -2.54. The van der Waals surface area contributed by atoms with E-state index in [0.717, 1.165) is 45.8 Å². The minimum Gasteiger partial charge on any atom is -0.497 e. The number of nitrogens with zero attached hydrogens (tertiary/aromatic N) is 4. The highest BCUT2D eigenvalue weighted by atomic mass is 32.2. The van der Waals surface area contributed by atoms with Gasteiger partial charge in [-0.15, -0.1) is 10.2 Å². The van der Waals surface area contributed by atoms with Gasteiger partial charge in [-0.1, -0.05) is 11.8 Å². The first kappa shape index (κ1) is 21.2. The number of rotatable bonds is 8. The average molecular weight is 413 g/mol. The number of aromatic nitrogens is 4. The smallest absolute Gasteiger partial charge is 0.191 e. The third-order valence-electron chi connectivity index (χ3n) is 5.01. The second-order valence-corrected chi connectivity index (χ2v) is 8.18. The van der Waals surface area contributed by atoms with Crippen LogP contribution in [-0.2, 0) is 6.54 Å². The van der Waals surface area contributed by atoms with Crippen molar-refractivity contribution >= 4 is 17.5 Å². The summed E-state index contributed by atoms with van der Waals surface area (Å²) in [6, 6.07) is 10.1. The van der Waals surface area contributed by atoms with Crippen LogP contribution in [0.3, 0.4) is 0 Å². The summed E-state index contributed by atoms with van der Waals surface area (Å²) in [5.74, 6) is 2.05. The normalized spacial score (nSPS) is 11.3. The number of benzene rings is 1. The Balaban J connectivity index is 1.78. The van der Waals surface area contributed by atoms with Gasteiger partial charge in [0.25, 0.3) is 0 Å². The van der Waals surface area contributed by atoms with Gasteiger partial charge in [-0.25, -0.2) is 0 Å². The van der Waals surface area contributed by atoms with E-state index >= 15 is 0 Å². The zero-order valence-corrected chi connectivity index (χ0v) is 18.7. The predicted molar refractivity (Wildman–Crippen MR) is 117 cm³/mol. The lowest BCUT2D eigenvalue weighted by Crippen LogP contribution is -2.09. The van der Waals surface area contributed by atoms with Crippen LogP contribution >= 0.6 is 11.8 Å². The van der Waals surface area contributed by atoms with Crippen LogP contribution in [0.4, 0.5) is 0 Å². The second kappa shape index (κ2) is 8.86. The fourth-order valence-corrected chi connectivity index (χ4v) is 4.58. The minimum absolute atomic E-state index is 0.117. The summed E-state index contributed by atoms with van der Waals surface area (Å²) in [5.41, 5.74) is 3.91. The van der Waals surface area contributed by atoms with E-state index in [2.05, 4.69) is 35.5 Å². The third-order valence-corrected chi connectivity index (χ3v) is 5.98. The summed E-state index contributed by atoms with van der Waals surface area (Å²) in [7, 11) is 1.65. The van der Waals surface area contributed by atoms with E-state index in [9.17, 15) is 4.79 Å². The topological polar surface area (TPSA) is 61.9 Å². The van der Waals surface area contributed by atoms with Crippen LogP contribution in [0.25, 0.3) is 11.4 Å². The zero-order chi connectivity index (χ0) is 21.1. The highest BCUT2D eigenvalue weighted by Crippen LogP contribution is 2.27. The molecule has 6 nitrogen and oxygen atoms in total. The van der Waals surface area contributed by atoms with Gasteiger partial charge in [0.05, 0.1) is 12.9 Å². The molecule has 0 aliphatic heterocycles. The molecule has 0 spiro atoms. The molecule has 0 saturated carbocycles. The van der Waals surface area contributed by atoms with E-state index in [1.54, 1.807) is 7.11 Å². The molecule has 1 aromatic carbocycles. The van der Waals surface area contributed by atoms with Gasteiger partial charge in [-0.05, 0) is 65.0 Å². The Morgan fingerprint density at radius 2 is 1.86 bits per heavy atom. The molecule has 0 atom stereocenters. The molecule has 0 aliphatic rings. The van der Waals surface area contributed by atoms with Gasteiger partial charge in [0.15, 0.2) is 16.8 Å². The monoisotopic (exact) mass is 412 g/mol. The highest BCUT2D eigenvalue weighted by Gasteiger charge is 2.19. The molecule has 7 heteroatoms. The van der Waals surface area contributed by atoms with Crippen LogP contribution < -0.4 is 4.74 Å². The Labute approximate surface area is 176 Å². The number of carbonyl (C=O) groups is 1. The standard InChI is InChI=1S/C22H28N4O2S/c1-7-25-21(17-8-10-18(28-6)11-9-17)23-24-22(25)29-13-20(27)19-12-15(4)26(14(2)3)16(19)5/h8-12,14H,7,13H2,1-6H3. The van der Waals surface area contributed by atoms with Crippen molar-refractivity contribution in [3.05, 3.63) is 47.3 Å². The summed E-state index contributed by atoms with van der Waals surface area (Å²) < 4.78 is 9.46. The first-order chi connectivity index (χ1) is 13.9. The molecular weight excluding hydrogens is 384 g/mol. The van der Waals surface area contributed by atoms with E-state index in [0.29, 0.717) is 11.8 Å². The number of ether oxygens (including phenoxy) is 1. The summed E-state index contributed by atoms with van der Waals surface area (Å²) in [4.78, 5) is 12.9. The number of hydrogen-bond donors (Lipinski definition) is 0. The predicted octanol–water partition coefficient (Wildman–Crippen LogP) is 4.95. The van der Waals surface area contributed by atoms with Crippen molar-refractivity contribution < 1.29 is 9.53 Å². The molecule has 0 radical (unpaired) electrons. The number of ketones is 1. The molecule has 154 valence electrons. The molecule has 0 amide bonds. The second-order valence-electron chi connectivity index (χ2n) is 7.24. The summed E-state index contributed by atoms with van der Waals surface area (Å²) in [6.45, 7) is 11.1. The molecule has 0 N–H and O–H groups in total. The van der Waals surface area contributed by atoms with Crippen LogP contribution in [0.15, 0.2) is 35.5 Å². The first-order valence-electron chi connectivity index (χ1n) is 9.79. The summed E-state index contributed by atoms with van der Waals surface area (Å²) >= 11 is 1.44. The highest BCUT2D eigenvalue weighted by molar-refractivity contribution is 7.99. The SMILES string of the molecule is CCn1c(SCC(=O)c2cc(C)n(C(C)C)c2C)nnc1-c1ccc(OC)cc1. The number of thioether (sulfide) groups is 1. The quantitative estimate of drug-likeness (QED) is 0.387. The number of aryl methyl sites for hydroxylation is 1. The Morgan fingerprint density at radius 1 is 1.17 bits per heavy atom. The van der Waals surface area contributed by atoms with E-state index in [-0.39, 0.29) is 5.78 Å². The third kappa shape index (κ3) is 4.24. The molecule has 2 heterocycles. The number of Topliss-reactive ketones (excluding diaryl/α,β-unsaturated/α-hetero) is 1. The van der Waals surface area contributed by atoms with Gasteiger partial charge >= 0.3 is 0 Å². The number of methoxy groups -OCH3 is 1. The fraction of sp³-hybridized carbons (Fsp3) is 0.409. The van der Waals surface area contributed by atoms with Crippen molar-refractivity contribution in [3.63, 3.8) is 0 Å². The first-order valence-corrected chi connectivity index (χ1v) is 10.8. The molecule has 3 rings (SSSR count). The van der Waals surface area contributed by atoms with Crippen molar-refractivity contribution in [2.75, 3.05) is 12.9 Å². The molecule has 29 heavy (non-hydrogen) atoms. The van der Waals surface area contributed by atoms with E-state index in [1.165, 1.54) is 11.8 Å². The van der Waals surface area contributed by atoms with E-state index in [4.69, 9.17) is 4.74 Å². The molecule has 0 saturated heterocycles. The van der Waals surface area contributed by atoms with Crippen molar-refractivity contribution in [2.24, 2.45) is 0 Å². The van der Waals surface area contributed by atoms with Gasteiger partial charge < -0.3 is 13.9 Å². The van der Waals surface area contributed by atoms with Crippen molar-refractivity contribution in [1.82, 2.24) is 19.3 Å². The van der Waals surface area contributed by atoms with Gasteiger partial charge in [-0.3, -0.25) is 4.79 Å². The molecular formula is C22H28N4O2S. The Morgan fingerprint density at radius 3 is 2.41 bits per heavy atom. The lowest BCUT2D eigenvalue weighted by molar-refractivity contribution is 0.102. The Bertz CT molecular complexity index is 1000. The van der Waals surface area contributed by atoms with Crippen molar-refractivity contribution in [1.29, 1.82) is 0 Å². The zero-order valence-electron chi connectivity index (χ0n) is 17.9. The molecule has 0 aliphatic carbocycles. The van der Waals surface area contributed by atoms with Crippen LogP contribution in [0.2, 0.25) is 0 Å². The van der Waals surface area contributed by atoms with Crippen LogP contribution in [0, 0.1) is 13.8 Å². The fourth-order valence-electron chi connectivity index (χ4n) is 3.70. The van der Waals surface area contributed by atoms with Gasteiger partial charge in [0.1, 0.15) is 5.75 Å². The van der Waals surface area contributed by atoms with Gasteiger partial charge in [-0.2, -0.15) is 0 Å². The molecule has 3 aromatic rings. The maximum Gasteiger partial charge on any atom is 0.191 e. The lowest BCUT2D eigenvalue weighted by atomic mass is 10.2. The van der Waals surface area contributed by atoms with Gasteiger partial charge in [0, 0.05) is 35.1 Å². The molecule has 0 unspecified atom stereocenters. The van der Waals surface area contributed by atoms with Crippen LogP contribution in [0.5, 0.6) is 5.75 Å². The molecule has 2 aromatic heterocycles. The maximum absolute atomic E-state index is 12.9. The van der Waals surface area contributed by atoms with E-state index < -0.39 is 0 Å². The van der Waals surface area contributed by atoms with Gasteiger partial charge in [0.2, 0.25) is 0 Å². The van der Waals surface area contributed by atoms with Crippen LogP contribution in [0.1, 0.15) is 48.6 Å². The average Bonchev–Trinajstić information content (AvgIpc) is 3.26. The number of hydrogen-bond acceptors (Lipinski definition) is 5. The minimum atomic E-state index is 0.117. The molecule has 0 bridgehead atoms. The summed E-state index contributed by atoms with van der Waals surface area (Å²) in [5, 5.41) is 9.44.